The Morgan fingerprint density at radius 1 is 1.53 bits per heavy atom. The lowest BCUT2D eigenvalue weighted by Crippen LogP contribution is -2.53. The molecule has 0 aliphatic carbocycles. The number of hydrogen-bond acceptors (Lipinski definition) is 6. The van der Waals surface area contributed by atoms with Crippen LogP contribution < -0.4 is 11.1 Å². The molecule has 1 aromatic rings. The summed E-state index contributed by atoms with van der Waals surface area (Å²) in [6, 6.07) is 0. The van der Waals surface area contributed by atoms with Gasteiger partial charge in [0.25, 0.3) is 5.22 Å². The number of nitrogens with one attached hydrogen (secondary N) is 1. The Balaban J connectivity index is 2.34. The molecule has 6 nitrogen and oxygen atoms in total. The second-order valence-electron chi connectivity index (χ2n) is 4.66. The van der Waals surface area contributed by atoms with Gasteiger partial charge in [0.15, 0.2) is 0 Å². The number of aromatic nitrogens is 2. The van der Waals surface area contributed by atoms with E-state index in [-0.39, 0.29) is 5.91 Å². The fraction of sp³-hybridized carbons (Fsp3) is 0.750. The molecule has 7 heteroatoms. The molecular formula is C12H22N4O2S. The molecule has 0 fully saturated rings. The van der Waals surface area contributed by atoms with Crippen molar-refractivity contribution in [2.45, 2.75) is 50.8 Å². The van der Waals surface area contributed by atoms with E-state index in [0.717, 1.165) is 25.1 Å². The molecule has 1 rings (SSSR count). The molecule has 0 radical (unpaired) electrons. The molecule has 0 aromatic carbocycles. The molecule has 1 amide bonds. The van der Waals surface area contributed by atoms with E-state index in [2.05, 4.69) is 22.4 Å². The minimum Gasteiger partial charge on any atom is -0.416 e. The fourth-order valence-corrected chi connectivity index (χ4v) is 2.36. The lowest BCUT2D eigenvalue weighted by molar-refractivity contribution is -0.124. The first-order chi connectivity index (χ1) is 8.98. The van der Waals surface area contributed by atoms with E-state index in [1.165, 1.54) is 11.8 Å². The van der Waals surface area contributed by atoms with E-state index in [0.29, 0.717) is 17.5 Å². The minimum absolute atomic E-state index is 0.306. The van der Waals surface area contributed by atoms with Gasteiger partial charge in [0.2, 0.25) is 11.8 Å². The number of nitrogens with zero attached hydrogens (tertiary/aromatic N) is 2. The zero-order valence-electron chi connectivity index (χ0n) is 11.7. The largest absolute Gasteiger partial charge is 0.416 e. The zero-order chi connectivity index (χ0) is 14.3. The Kier molecular flexibility index (Phi) is 6.30. The van der Waals surface area contributed by atoms with Gasteiger partial charge in [-0.15, -0.1) is 10.2 Å². The van der Waals surface area contributed by atoms with Gasteiger partial charge in [-0.1, -0.05) is 18.7 Å². The molecule has 19 heavy (non-hydrogen) atoms. The van der Waals surface area contributed by atoms with E-state index in [1.54, 1.807) is 6.92 Å². The maximum Gasteiger partial charge on any atom is 0.276 e. The summed E-state index contributed by atoms with van der Waals surface area (Å²) < 4.78 is 5.26. The van der Waals surface area contributed by atoms with Gasteiger partial charge in [0.05, 0.1) is 5.54 Å². The maximum atomic E-state index is 11.5. The molecule has 0 spiro atoms. The first-order valence-electron chi connectivity index (χ1n) is 6.46. The monoisotopic (exact) mass is 286 g/mol. The van der Waals surface area contributed by atoms with Crippen LogP contribution >= 0.6 is 11.8 Å². The van der Waals surface area contributed by atoms with E-state index < -0.39 is 5.54 Å². The normalized spacial score (nSPS) is 14.3. The lowest BCUT2D eigenvalue weighted by atomic mass is 9.95. The van der Waals surface area contributed by atoms with Gasteiger partial charge >= 0.3 is 0 Å². The summed E-state index contributed by atoms with van der Waals surface area (Å²) in [4.78, 5) is 11.5. The number of aryl methyl sites for hydroxylation is 1. The second-order valence-corrected chi connectivity index (χ2v) is 5.71. The van der Waals surface area contributed by atoms with Crippen molar-refractivity contribution in [3.63, 3.8) is 0 Å². The highest BCUT2D eigenvalue weighted by Crippen LogP contribution is 2.20. The van der Waals surface area contributed by atoms with Gasteiger partial charge in [-0.05, 0) is 32.7 Å². The second kappa shape index (κ2) is 7.49. The summed E-state index contributed by atoms with van der Waals surface area (Å²) in [5.41, 5.74) is 4.82. The number of carbonyl (C=O) groups excluding carboxylic acids is 1. The molecule has 0 saturated carbocycles. The first-order valence-corrected chi connectivity index (χ1v) is 7.44. The summed E-state index contributed by atoms with van der Waals surface area (Å²) in [6.07, 6.45) is 2.52. The van der Waals surface area contributed by atoms with Gasteiger partial charge in [-0.25, -0.2) is 0 Å². The molecule has 0 aliphatic rings. The van der Waals surface area contributed by atoms with Crippen LogP contribution in [0.15, 0.2) is 9.64 Å². The van der Waals surface area contributed by atoms with Gasteiger partial charge in [-0.2, -0.15) is 0 Å². The minimum atomic E-state index is -0.638. The Labute approximate surface area is 117 Å². The molecule has 0 saturated heterocycles. The number of amides is 1. The SMILES string of the molecule is CCCNC(C)(CCCSc1nnc(C)o1)C(N)=O. The summed E-state index contributed by atoms with van der Waals surface area (Å²) in [6.45, 7) is 6.46. The molecule has 108 valence electrons. The predicted octanol–water partition coefficient (Wildman–Crippen LogP) is 1.49. The topological polar surface area (TPSA) is 94.0 Å². The van der Waals surface area contributed by atoms with Crippen LogP contribution in [0.5, 0.6) is 0 Å². The molecule has 1 unspecified atom stereocenters. The predicted molar refractivity (Wildman–Crippen MR) is 74.9 cm³/mol. The number of primary amides is 1. The van der Waals surface area contributed by atoms with E-state index in [4.69, 9.17) is 10.2 Å². The van der Waals surface area contributed by atoms with Crippen molar-refractivity contribution in [1.82, 2.24) is 15.5 Å². The quantitative estimate of drug-likeness (QED) is 0.527. The Morgan fingerprint density at radius 3 is 2.79 bits per heavy atom. The summed E-state index contributed by atoms with van der Waals surface area (Å²) in [5, 5.41) is 11.4. The third-order valence-corrected chi connectivity index (χ3v) is 3.77. The Bertz CT molecular complexity index is 410. The zero-order valence-corrected chi connectivity index (χ0v) is 12.5. The van der Waals surface area contributed by atoms with E-state index in [1.807, 2.05) is 6.92 Å². The number of hydrogen-bond donors (Lipinski definition) is 2. The van der Waals surface area contributed by atoms with Crippen molar-refractivity contribution < 1.29 is 9.21 Å². The lowest BCUT2D eigenvalue weighted by Gasteiger charge is -2.27. The van der Waals surface area contributed by atoms with E-state index in [9.17, 15) is 4.79 Å². The van der Waals surface area contributed by atoms with Gasteiger partial charge in [0, 0.05) is 12.7 Å². The van der Waals surface area contributed by atoms with Crippen molar-refractivity contribution in [3.05, 3.63) is 5.89 Å². The van der Waals surface area contributed by atoms with Crippen molar-refractivity contribution >= 4 is 17.7 Å². The Morgan fingerprint density at radius 2 is 2.26 bits per heavy atom. The van der Waals surface area contributed by atoms with Crippen LogP contribution in [0, 0.1) is 6.92 Å². The molecular weight excluding hydrogens is 264 g/mol. The first kappa shape index (κ1) is 16.0. The summed E-state index contributed by atoms with van der Waals surface area (Å²) in [5.74, 6) is 1.08. The van der Waals surface area contributed by atoms with Crippen LogP contribution in [-0.2, 0) is 4.79 Å². The van der Waals surface area contributed by atoms with Crippen LogP contribution in [0.3, 0.4) is 0 Å². The average Bonchev–Trinajstić information content (AvgIpc) is 2.78. The van der Waals surface area contributed by atoms with Crippen LogP contribution in [0.4, 0.5) is 0 Å². The van der Waals surface area contributed by atoms with Crippen molar-refractivity contribution in [2.24, 2.45) is 5.73 Å². The van der Waals surface area contributed by atoms with Crippen LogP contribution in [0.2, 0.25) is 0 Å². The van der Waals surface area contributed by atoms with Gasteiger partial charge in [-0.3, -0.25) is 4.79 Å². The molecule has 1 aromatic heterocycles. The standard InChI is InChI=1S/C12H22N4O2S/c1-4-7-14-12(3,10(13)17)6-5-8-19-11-16-15-9(2)18-11/h14H,4-8H2,1-3H3,(H2,13,17). The highest BCUT2D eigenvalue weighted by atomic mass is 32.2. The molecule has 1 atom stereocenters. The molecule has 0 bridgehead atoms. The smallest absolute Gasteiger partial charge is 0.276 e. The van der Waals surface area contributed by atoms with Crippen molar-refractivity contribution in [2.75, 3.05) is 12.3 Å². The van der Waals surface area contributed by atoms with Crippen LogP contribution in [0.1, 0.15) is 39.0 Å². The number of carbonyl (C=O) groups is 1. The molecule has 1 heterocycles. The van der Waals surface area contributed by atoms with Crippen molar-refractivity contribution in [1.29, 1.82) is 0 Å². The van der Waals surface area contributed by atoms with Gasteiger partial charge in [0.1, 0.15) is 0 Å². The third-order valence-electron chi connectivity index (χ3n) is 2.86. The highest BCUT2D eigenvalue weighted by Gasteiger charge is 2.29. The summed E-state index contributed by atoms with van der Waals surface area (Å²) >= 11 is 1.50. The van der Waals surface area contributed by atoms with Crippen LogP contribution in [0.25, 0.3) is 0 Å². The maximum absolute atomic E-state index is 11.5. The number of rotatable bonds is 9. The molecule has 3 N–H and O–H groups in total. The third kappa shape index (κ3) is 5.20. The summed E-state index contributed by atoms with van der Waals surface area (Å²) in [7, 11) is 0. The van der Waals surface area contributed by atoms with E-state index >= 15 is 0 Å². The molecule has 0 aliphatic heterocycles. The average molecular weight is 286 g/mol. The highest BCUT2D eigenvalue weighted by molar-refractivity contribution is 7.99. The van der Waals surface area contributed by atoms with Crippen molar-refractivity contribution in [3.8, 4) is 0 Å². The Hall–Kier alpha value is -1.08. The number of thioether (sulfide) groups is 1. The number of nitrogens with two attached hydrogens (primary N) is 1. The van der Waals surface area contributed by atoms with Gasteiger partial charge < -0.3 is 15.5 Å². The fourth-order valence-electron chi connectivity index (χ4n) is 1.62. The van der Waals surface area contributed by atoms with Crippen LogP contribution in [-0.4, -0.2) is 33.9 Å².